The van der Waals surface area contributed by atoms with E-state index in [2.05, 4.69) is 20.4 Å². The zero-order valence-corrected chi connectivity index (χ0v) is 8.09. The molecule has 0 aromatic heterocycles. The van der Waals surface area contributed by atoms with Crippen molar-refractivity contribution in [2.45, 2.75) is 26.7 Å². The van der Waals surface area contributed by atoms with Crippen LogP contribution in [0.25, 0.3) is 0 Å². The van der Waals surface area contributed by atoms with Crippen molar-refractivity contribution in [3.63, 3.8) is 0 Å². The van der Waals surface area contributed by atoms with Crippen LogP contribution in [0.2, 0.25) is 0 Å². The summed E-state index contributed by atoms with van der Waals surface area (Å²) in [4.78, 5) is 0. The first-order chi connectivity index (χ1) is 5.70. The Morgan fingerprint density at radius 2 is 2.00 bits per heavy atom. The van der Waals surface area contributed by atoms with Gasteiger partial charge in [-0.15, -0.1) is 0 Å². The summed E-state index contributed by atoms with van der Waals surface area (Å²) in [6.45, 7) is 9.04. The van der Waals surface area contributed by atoms with E-state index in [4.69, 9.17) is 0 Å². The van der Waals surface area contributed by atoms with E-state index in [1.165, 1.54) is 12.8 Å². The minimum atomic E-state index is 0.854. The first kappa shape index (κ1) is 7.17. The molecule has 0 saturated heterocycles. The number of hydrogen-bond acceptors (Lipinski definition) is 0. The second kappa shape index (κ2) is 1.97. The lowest BCUT2D eigenvalue weighted by Gasteiger charge is -2.48. The van der Waals surface area contributed by atoms with E-state index >= 15 is 0 Å². The zero-order valence-electron chi connectivity index (χ0n) is 8.09. The van der Waals surface area contributed by atoms with Gasteiger partial charge in [0, 0.05) is 0 Å². The summed E-state index contributed by atoms with van der Waals surface area (Å²) in [7, 11) is 0. The van der Waals surface area contributed by atoms with Crippen LogP contribution < -0.4 is 0 Å². The summed E-state index contributed by atoms with van der Waals surface area (Å²) in [5.74, 6) is 6.00. The summed E-state index contributed by atoms with van der Waals surface area (Å²) in [5.41, 5.74) is 1.58. The molecule has 6 unspecified atom stereocenters. The highest BCUT2D eigenvalue weighted by atomic mass is 14.6. The van der Waals surface area contributed by atoms with Gasteiger partial charge in [0.25, 0.3) is 0 Å². The lowest BCUT2D eigenvalue weighted by atomic mass is 9.56. The minimum absolute atomic E-state index is 0.854. The number of fused-ring (bicyclic) bond motifs is 3. The van der Waals surface area contributed by atoms with Gasteiger partial charge >= 0.3 is 0 Å². The molecule has 0 radical (unpaired) electrons. The molecule has 66 valence electrons. The number of hydrogen-bond donors (Lipinski definition) is 0. The van der Waals surface area contributed by atoms with Crippen molar-refractivity contribution in [1.29, 1.82) is 0 Å². The lowest BCUT2D eigenvalue weighted by molar-refractivity contribution is 0.0705. The molecule has 3 rings (SSSR count). The van der Waals surface area contributed by atoms with Gasteiger partial charge in [-0.3, -0.25) is 0 Å². The van der Waals surface area contributed by atoms with Crippen LogP contribution in [0.15, 0.2) is 12.2 Å². The molecule has 0 heteroatoms. The van der Waals surface area contributed by atoms with E-state index in [0.717, 1.165) is 35.5 Å². The lowest BCUT2D eigenvalue weighted by Crippen LogP contribution is -2.41. The van der Waals surface area contributed by atoms with Crippen molar-refractivity contribution in [3.05, 3.63) is 12.2 Å². The SMILES string of the molecule is C=C1C(C)C2CC3CC(C)C3C12. The van der Waals surface area contributed by atoms with E-state index in [1.807, 2.05) is 0 Å². The van der Waals surface area contributed by atoms with Crippen LogP contribution in [0.3, 0.4) is 0 Å². The topological polar surface area (TPSA) is 0 Å². The maximum absolute atomic E-state index is 4.24. The van der Waals surface area contributed by atoms with E-state index in [9.17, 15) is 0 Å². The molecular weight excluding hydrogens is 144 g/mol. The van der Waals surface area contributed by atoms with Crippen LogP contribution in [-0.4, -0.2) is 0 Å². The molecule has 0 aliphatic heterocycles. The van der Waals surface area contributed by atoms with Crippen molar-refractivity contribution in [2.24, 2.45) is 35.5 Å². The van der Waals surface area contributed by atoms with Gasteiger partial charge in [0.2, 0.25) is 0 Å². The predicted octanol–water partition coefficient (Wildman–Crippen LogP) is 3.10. The van der Waals surface area contributed by atoms with Crippen LogP contribution in [-0.2, 0) is 0 Å². The molecule has 3 fully saturated rings. The molecule has 6 atom stereocenters. The Morgan fingerprint density at radius 3 is 2.67 bits per heavy atom. The first-order valence-corrected chi connectivity index (χ1v) is 5.39. The van der Waals surface area contributed by atoms with Crippen molar-refractivity contribution in [1.82, 2.24) is 0 Å². The summed E-state index contributed by atoms with van der Waals surface area (Å²) >= 11 is 0. The van der Waals surface area contributed by atoms with Crippen molar-refractivity contribution < 1.29 is 0 Å². The molecule has 0 amide bonds. The number of allylic oxidation sites excluding steroid dienone is 1. The molecule has 3 aliphatic carbocycles. The van der Waals surface area contributed by atoms with Gasteiger partial charge in [0.05, 0.1) is 0 Å². The van der Waals surface area contributed by atoms with Crippen LogP contribution in [0.4, 0.5) is 0 Å². The van der Waals surface area contributed by atoms with Gasteiger partial charge in [-0.1, -0.05) is 26.0 Å². The molecule has 3 saturated carbocycles. The fourth-order valence-electron chi connectivity index (χ4n) is 4.24. The fourth-order valence-corrected chi connectivity index (χ4v) is 4.24. The molecule has 3 aliphatic rings. The monoisotopic (exact) mass is 162 g/mol. The molecule has 0 aromatic rings. The van der Waals surface area contributed by atoms with E-state index in [0.29, 0.717) is 0 Å². The van der Waals surface area contributed by atoms with Gasteiger partial charge in [-0.05, 0) is 48.3 Å². The standard InChI is InChI=1S/C12H18/c1-6-4-9-5-10-7(2)8(3)12(10)11(6)9/h6-7,9-12H,3-5H2,1-2H3. The second-order valence-electron chi connectivity index (χ2n) is 5.34. The maximum atomic E-state index is 4.24. The van der Waals surface area contributed by atoms with Gasteiger partial charge in [0.15, 0.2) is 0 Å². The molecule has 0 nitrogen and oxygen atoms in total. The summed E-state index contributed by atoms with van der Waals surface area (Å²) in [6, 6.07) is 0. The van der Waals surface area contributed by atoms with E-state index in [-0.39, 0.29) is 0 Å². The minimum Gasteiger partial charge on any atom is -0.0993 e. The number of rotatable bonds is 0. The largest absolute Gasteiger partial charge is 0.0993 e. The third kappa shape index (κ3) is 0.582. The third-order valence-corrected chi connectivity index (χ3v) is 4.98. The molecule has 0 spiro atoms. The van der Waals surface area contributed by atoms with Crippen LogP contribution in [0.5, 0.6) is 0 Å². The molecule has 12 heavy (non-hydrogen) atoms. The Morgan fingerprint density at radius 1 is 1.25 bits per heavy atom. The van der Waals surface area contributed by atoms with Crippen molar-refractivity contribution >= 4 is 0 Å². The Labute approximate surface area is 75.0 Å². The predicted molar refractivity (Wildman–Crippen MR) is 50.7 cm³/mol. The average Bonchev–Trinajstić information content (AvgIpc) is 2.34. The molecular formula is C12H18. The Kier molecular flexibility index (Phi) is 1.18. The first-order valence-electron chi connectivity index (χ1n) is 5.39. The van der Waals surface area contributed by atoms with Crippen molar-refractivity contribution in [3.8, 4) is 0 Å². The van der Waals surface area contributed by atoms with Crippen LogP contribution in [0, 0.1) is 35.5 Å². The molecule has 0 aromatic carbocycles. The van der Waals surface area contributed by atoms with Gasteiger partial charge in [-0.25, -0.2) is 0 Å². The third-order valence-electron chi connectivity index (χ3n) is 4.98. The second-order valence-corrected chi connectivity index (χ2v) is 5.34. The fraction of sp³-hybridized carbons (Fsp3) is 0.833. The normalized spacial score (nSPS) is 61.7. The van der Waals surface area contributed by atoms with Gasteiger partial charge < -0.3 is 0 Å². The van der Waals surface area contributed by atoms with E-state index < -0.39 is 0 Å². The summed E-state index contributed by atoms with van der Waals surface area (Å²) < 4.78 is 0. The van der Waals surface area contributed by atoms with E-state index in [1.54, 1.807) is 5.57 Å². The Bertz CT molecular complexity index is 240. The maximum Gasteiger partial charge on any atom is -0.0136 e. The smallest absolute Gasteiger partial charge is 0.0136 e. The highest BCUT2D eigenvalue weighted by molar-refractivity contribution is 5.26. The highest BCUT2D eigenvalue weighted by Crippen LogP contribution is 2.66. The Hall–Kier alpha value is -0.260. The highest BCUT2D eigenvalue weighted by Gasteiger charge is 2.59. The van der Waals surface area contributed by atoms with Gasteiger partial charge in [-0.2, -0.15) is 0 Å². The summed E-state index contributed by atoms with van der Waals surface area (Å²) in [5, 5.41) is 0. The van der Waals surface area contributed by atoms with Crippen LogP contribution in [0.1, 0.15) is 26.7 Å². The zero-order chi connectivity index (χ0) is 8.46. The molecule has 0 bridgehead atoms. The summed E-state index contributed by atoms with van der Waals surface area (Å²) in [6.07, 6.45) is 3.04. The van der Waals surface area contributed by atoms with Gasteiger partial charge in [0.1, 0.15) is 0 Å². The molecule has 0 heterocycles. The average molecular weight is 162 g/mol. The van der Waals surface area contributed by atoms with Crippen LogP contribution >= 0.6 is 0 Å². The van der Waals surface area contributed by atoms with Crippen molar-refractivity contribution in [2.75, 3.05) is 0 Å². The Balaban J connectivity index is 1.87. The quantitative estimate of drug-likeness (QED) is 0.480. The molecule has 0 N–H and O–H groups in total.